The Morgan fingerprint density at radius 2 is 2.50 bits per heavy atom. The van der Waals surface area contributed by atoms with Crippen LogP contribution in [0, 0.1) is 0 Å². The lowest BCUT2D eigenvalue weighted by Crippen LogP contribution is -2.32. The highest BCUT2D eigenvalue weighted by atomic mass is 32.1. The zero-order valence-corrected chi connectivity index (χ0v) is 12.2. The van der Waals surface area contributed by atoms with Gasteiger partial charge in [0.25, 0.3) is 0 Å². The molecule has 2 atom stereocenters. The van der Waals surface area contributed by atoms with Crippen LogP contribution in [-0.2, 0) is 11.2 Å². The van der Waals surface area contributed by atoms with Crippen molar-refractivity contribution in [1.29, 1.82) is 0 Å². The predicted molar refractivity (Wildman–Crippen MR) is 78.3 cm³/mol. The van der Waals surface area contributed by atoms with E-state index in [4.69, 9.17) is 4.74 Å². The van der Waals surface area contributed by atoms with Gasteiger partial charge in [-0.05, 0) is 56.5 Å². The third-order valence-electron chi connectivity index (χ3n) is 3.57. The quantitative estimate of drug-likeness (QED) is 0.777. The highest BCUT2D eigenvalue weighted by Gasteiger charge is 2.18. The Hall–Kier alpha value is -0.380. The van der Waals surface area contributed by atoms with Crippen LogP contribution in [0.3, 0.4) is 0 Å². The van der Waals surface area contributed by atoms with Crippen LogP contribution in [0.5, 0.6) is 0 Å². The predicted octanol–water partition coefficient (Wildman–Crippen LogP) is 3.62. The van der Waals surface area contributed by atoms with Crippen LogP contribution in [0.15, 0.2) is 17.5 Å². The fourth-order valence-electron chi connectivity index (χ4n) is 2.56. The molecule has 1 aromatic heterocycles. The minimum absolute atomic E-state index is 0.527. The Bertz CT molecular complexity index is 306. The summed E-state index contributed by atoms with van der Waals surface area (Å²) < 4.78 is 5.72. The van der Waals surface area contributed by atoms with E-state index in [9.17, 15) is 0 Å². The van der Waals surface area contributed by atoms with Gasteiger partial charge in [0, 0.05) is 17.5 Å². The Kier molecular flexibility index (Phi) is 6.18. The van der Waals surface area contributed by atoms with Gasteiger partial charge in [-0.15, -0.1) is 11.3 Å². The molecule has 1 saturated heterocycles. The molecule has 1 aromatic rings. The fourth-order valence-corrected chi connectivity index (χ4v) is 3.34. The first kappa shape index (κ1) is 14.0. The topological polar surface area (TPSA) is 21.3 Å². The summed E-state index contributed by atoms with van der Waals surface area (Å²) in [5.74, 6) is 0. The monoisotopic (exact) mass is 267 g/mol. The molecule has 18 heavy (non-hydrogen) atoms. The minimum Gasteiger partial charge on any atom is -0.378 e. The van der Waals surface area contributed by atoms with Crippen molar-refractivity contribution in [3.63, 3.8) is 0 Å². The Balaban J connectivity index is 1.76. The average Bonchev–Trinajstić information content (AvgIpc) is 3.05. The van der Waals surface area contributed by atoms with Crippen LogP contribution in [0.4, 0.5) is 0 Å². The maximum Gasteiger partial charge on any atom is 0.0576 e. The molecule has 2 heterocycles. The van der Waals surface area contributed by atoms with Gasteiger partial charge < -0.3 is 10.1 Å². The molecule has 0 aromatic carbocycles. The SMILES string of the molecule is CCCNC(CCC1CCCO1)Cc1cccs1. The number of thiophene rings is 1. The molecule has 0 amide bonds. The van der Waals surface area contributed by atoms with Crippen LogP contribution in [0.1, 0.15) is 43.9 Å². The second-order valence-electron chi connectivity index (χ2n) is 5.15. The lowest BCUT2D eigenvalue weighted by molar-refractivity contribution is 0.0996. The number of hydrogen-bond acceptors (Lipinski definition) is 3. The van der Waals surface area contributed by atoms with Crippen molar-refractivity contribution in [3.05, 3.63) is 22.4 Å². The minimum atomic E-state index is 0.527. The molecular weight excluding hydrogens is 242 g/mol. The highest BCUT2D eigenvalue weighted by molar-refractivity contribution is 7.09. The van der Waals surface area contributed by atoms with E-state index in [0.29, 0.717) is 12.1 Å². The van der Waals surface area contributed by atoms with E-state index >= 15 is 0 Å². The van der Waals surface area contributed by atoms with Gasteiger partial charge in [-0.3, -0.25) is 0 Å². The number of rotatable bonds is 8. The highest BCUT2D eigenvalue weighted by Crippen LogP contribution is 2.20. The zero-order chi connectivity index (χ0) is 12.6. The van der Waals surface area contributed by atoms with Gasteiger partial charge in [0.15, 0.2) is 0 Å². The molecule has 0 spiro atoms. The summed E-state index contributed by atoms with van der Waals surface area (Å²) in [7, 11) is 0. The molecule has 2 unspecified atom stereocenters. The first-order valence-corrected chi connectivity index (χ1v) is 8.14. The molecule has 0 radical (unpaired) electrons. The van der Waals surface area contributed by atoms with Crippen molar-refractivity contribution >= 4 is 11.3 Å². The van der Waals surface area contributed by atoms with E-state index in [0.717, 1.165) is 13.2 Å². The molecule has 0 bridgehead atoms. The van der Waals surface area contributed by atoms with Crippen molar-refractivity contribution in [2.75, 3.05) is 13.2 Å². The van der Waals surface area contributed by atoms with Crippen LogP contribution < -0.4 is 5.32 Å². The Labute approximate surface area is 115 Å². The molecule has 1 fully saturated rings. The van der Waals surface area contributed by atoms with Gasteiger partial charge in [0.1, 0.15) is 0 Å². The van der Waals surface area contributed by atoms with Crippen LogP contribution in [0.25, 0.3) is 0 Å². The van der Waals surface area contributed by atoms with Crippen molar-refractivity contribution < 1.29 is 4.74 Å². The lowest BCUT2D eigenvalue weighted by Gasteiger charge is -2.19. The summed E-state index contributed by atoms with van der Waals surface area (Å²) in [4.78, 5) is 1.50. The molecule has 1 N–H and O–H groups in total. The van der Waals surface area contributed by atoms with Crippen molar-refractivity contribution in [1.82, 2.24) is 5.32 Å². The first-order chi connectivity index (χ1) is 8.88. The largest absolute Gasteiger partial charge is 0.378 e. The van der Waals surface area contributed by atoms with E-state index in [1.807, 2.05) is 11.3 Å². The van der Waals surface area contributed by atoms with Gasteiger partial charge in [0.2, 0.25) is 0 Å². The molecule has 3 heteroatoms. The van der Waals surface area contributed by atoms with E-state index in [1.54, 1.807) is 0 Å². The first-order valence-electron chi connectivity index (χ1n) is 7.26. The van der Waals surface area contributed by atoms with E-state index in [2.05, 4.69) is 29.8 Å². The zero-order valence-electron chi connectivity index (χ0n) is 11.4. The van der Waals surface area contributed by atoms with Gasteiger partial charge in [0.05, 0.1) is 6.10 Å². The van der Waals surface area contributed by atoms with Gasteiger partial charge >= 0.3 is 0 Å². The second-order valence-corrected chi connectivity index (χ2v) is 6.18. The normalized spacial score (nSPS) is 21.3. The van der Waals surface area contributed by atoms with Gasteiger partial charge in [-0.2, -0.15) is 0 Å². The molecule has 1 aliphatic rings. The summed E-state index contributed by atoms with van der Waals surface area (Å²) >= 11 is 1.87. The second kappa shape index (κ2) is 7.93. The van der Waals surface area contributed by atoms with E-state index < -0.39 is 0 Å². The molecule has 1 aliphatic heterocycles. The average molecular weight is 267 g/mol. The number of ether oxygens (including phenoxy) is 1. The summed E-state index contributed by atoms with van der Waals surface area (Å²) in [5.41, 5.74) is 0. The summed E-state index contributed by atoms with van der Waals surface area (Å²) in [6, 6.07) is 5.02. The maximum absolute atomic E-state index is 5.72. The third kappa shape index (κ3) is 4.71. The molecule has 2 rings (SSSR count). The smallest absolute Gasteiger partial charge is 0.0576 e. The maximum atomic E-state index is 5.72. The van der Waals surface area contributed by atoms with Crippen LogP contribution in [0.2, 0.25) is 0 Å². The van der Waals surface area contributed by atoms with Gasteiger partial charge in [-0.1, -0.05) is 13.0 Å². The molecular formula is C15H25NOS. The van der Waals surface area contributed by atoms with E-state index in [-0.39, 0.29) is 0 Å². The van der Waals surface area contributed by atoms with Crippen molar-refractivity contribution in [3.8, 4) is 0 Å². The van der Waals surface area contributed by atoms with Crippen molar-refractivity contribution in [2.24, 2.45) is 0 Å². The summed E-state index contributed by atoms with van der Waals surface area (Å²) in [5, 5.41) is 5.86. The third-order valence-corrected chi connectivity index (χ3v) is 4.47. The van der Waals surface area contributed by atoms with Crippen LogP contribution in [-0.4, -0.2) is 25.3 Å². The number of hydrogen-bond donors (Lipinski definition) is 1. The van der Waals surface area contributed by atoms with Crippen LogP contribution >= 0.6 is 11.3 Å². The Morgan fingerprint density at radius 3 is 3.17 bits per heavy atom. The molecule has 0 aliphatic carbocycles. The molecule has 2 nitrogen and oxygen atoms in total. The molecule has 0 saturated carbocycles. The van der Waals surface area contributed by atoms with Crippen molar-refractivity contribution in [2.45, 2.75) is 57.6 Å². The van der Waals surface area contributed by atoms with Gasteiger partial charge in [-0.25, -0.2) is 0 Å². The molecule has 102 valence electrons. The summed E-state index contributed by atoms with van der Waals surface area (Å²) in [6.07, 6.45) is 7.88. The van der Waals surface area contributed by atoms with E-state index in [1.165, 1.54) is 43.4 Å². The standard InChI is InChI=1S/C15H25NOS/c1-2-9-16-13(12-15-6-4-11-18-15)7-8-14-5-3-10-17-14/h4,6,11,13-14,16H,2-3,5,7-10,12H2,1H3. The summed E-state index contributed by atoms with van der Waals surface area (Å²) in [6.45, 7) is 4.33. The lowest BCUT2D eigenvalue weighted by atomic mass is 10.0. The fraction of sp³-hybridized carbons (Fsp3) is 0.733. The Morgan fingerprint density at radius 1 is 1.56 bits per heavy atom. The number of nitrogens with one attached hydrogen (secondary N) is 1.